The van der Waals surface area contributed by atoms with Gasteiger partial charge in [0.05, 0.1) is 5.56 Å². The van der Waals surface area contributed by atoms with Gasteiger partial charge in [-0.3, -0.25) is 9.78 Å². The molecule has 4 rings (SSSR count). The predicted molar refractivity (Wildman–Crippen MR) is 112 cm³/mol. The summed E-state index contributed by atoms with van der Waals surface area (Å²) in [5, 5.41) is 2.90. The van der Waals surface area contributed by atoms with Crippen LogP contribution in [-0.2, 0) is 6.54 Å². The minimum absolute atomic E-state index is 0.164. The Balaban J connectivity index is 1.47. The fourth-order valence-corrected chi connectivity index (χ4v) is 3.25. The van der Waals surface area contributed by atoms with Gasteiger partial charge in [0.15, 0.2) is 5.58 Å². The second-order valence-corrected chi connectivity index (χ2v) is 7.61. The van der Waals surface area contributed by atoms with E-state index in [4.69, 9.17) is 4.42 Å². The average Bonchev–Trinajstić information content (AvgIpc) is 3.09. The van der Waals surface area contributed by atoms with Gasteiger partial charge in [-0.25, -0.2) is 4.98 Å². The highest BCUT2D eigenvalue weighted by atomic mass is 79.9. The van der Waals surface area contributed by atoms with Gasteiger partial charge in [-0.2, -0.15) is 0 Å². The van der Waals surface area contributed by atoms with Gasteiger partial charge in [-0.1, -0.05) is 12.1 Å². The number of rotatable bonds is 4. The Bertz CT molecular complexity index is 1130. The number of aryl methyl sites for hydroxylation is 2. The average molecular weight is 436 g/mol. The second-order valence-electron chi connectivity index (χ2n) is 6.69. The van der Waals surface area contributed by atoms with Crippen LogP contribution >= 0.6 is 15.9 Å². The minimum Gasteiger partial charge on any atom is -0.436 e. The zero-order chi connectivity index (χ0) is 19.7. The number of halogens is 1. The van der Waals surface area contributed by atoms with E-state index < -0.39 is 0 Å². The molecular weight excluding hydrogens is 418 g/mol. The SMILES string of the molecule is Cc1cc2nc(-c3ccc(CNC(=O)c4cncc(Br)c4)cc3)oc2cc1C. The number of oxazole rings is 1. The number of fused-ring (bicyclic) bond motifs is 1. The summed E-state index contributed by atoms with van der Waals surface area (Å²) in [5.41, 5.74) is 6.43. The molecule has 1 amide bonds. The van der Waals surface area contributed by atoms with Gasteiger partial charge in [-0.05, 0) is 76.8 Å². The molecule has 0 aliphatic carbocycles. The minimum atomic E-state index is -0.164. The van der Waals surface area contributed by atoms with Crippen molar-refractivity contribution in [1.29, 1.82) is 0 Å². The molecule has 1 N–H and O–H groups in total. The van der Waals surface area contributed by atoms with E-state index in [0.717, 1.165) is 26.7 Å². The van der Waals surface area contributed by atoms with Gasteiger partial charge >= 0.3 is 0 Å². The van der Waals surface area contributed by atoms with Crippen LogP contribution in [0.5, 0.6) is 0 Å². The molecule has 140 valence electrons. The molecule has 6 heteroatoms. The molecular formula is C22H18BrN3O2. The Kier molecular flexibility index (Phi) is 4.96. The Hall–Kier alpha value is -2.99. The van der Waals surface area contributed by atoms with E-state index in [1.165, 1.54) is 11.1 Å². The fourth-order valence-electron chi connectivity index (χ4n) is 2.89. The lowest BCUT2D eigenvalue weighted by Gasteiger charge is -2.06. The third-order valence-electron chi connectivity index (χ3n) is 4.62. The van der Waals surface area contributed by atoms with Crippen molar-refractivity contribution in [2.24, 2.45) is 0 Å². The number of nitrogens with one attached hydrogen (secondary N) is 1. The molecule has 4 aromatic rings. The smallest absolute Gasteiger partial charge is 0.253 e. The van der Waals surface area contributed by atoms with Crippen LogP contribution in [0.2, 0.25) is 0 Å². The van der Waals surface area contributed by atoms with Crippen LogP contribution in [0.15, 0.2) is 63.7 Å². The maximum Gasteiger partial charge on any atom is 0.253 e. The van der Waals surface area contributed by atoms with Gasteiger partial charge in [0.2, 0.25) is 5.89 Å². The first-order chi connectivity index (χ1) is 13.5. The summed E-state index contributed by atoms with van der Waals surface area (Å²) in [5.74, 6) is 0.429. The monoisotopic (exact) mass is 435 g/mol. The van der Waals surface area contributed by atoms with E-state index in [1.807, 2.05) is 36.4 Å². The van der Waals surface area contributed by atoms with E-state index >= 15 is 0 Å². The highest BCUT2D eigenvalue weighted by molar-refractivity contribution is 9.10. The Morgan fingerprint density at radius 1 is 1.07 bits per heavy atom. The van der Waals surface area contributed by atoms with E-state index in [-0.39, 0.29) is 5.91 Å². The lowest BCUT2D eigenvalue weighted by Crippen LogP contribution is -2.22. The number of carbonyl (C=O) groups is 1. The van der Waals surface area contributed by atoms with E-state index in [2.05, 4.69) is 45.1 Å². The van der Waals surface area contributed by atoms with Crippen LogP contribution in [0.1, 0.15) is 27.0 Å². The molecule has 0 aliphatic rings. The number of pyridine rings is 1. The Labute approximate surface area is 170 Å². The van der Waals surface area contributed by atoms with E-state index in [9.17, 15) is 4.79 Å². The first-order valence-corrected chi connectivity index (χ1v) is 9.65. The highest BCUT2D eigenvalue weighted by Crippen LogP contribution is 2.26. The molecule has 2 heterocycles. The van der Waals surface area contributed by atoms with Gasteiger partial charge in [0.1, 0.15) is 5.52 Å². The number of hydrogen-bond acceptors (Lipinski definition) is 4. The molecule has 0 unspecified atom stereocenters. The summed E-state index contributed by atoms with van der Waals surface area (Å²) in [7, 11) is 0. The second kappa shape index (κ2) is 7.56. The number of carbonyl (C=O) groups excluding carboxylic acids is 1. The zero-order valence-corrected chi connectivity index (χ0v) is 17.1. The van der Waals surface area contributed by atoms with Crippen LogP contribution in [0.25, 0.3) is 22.6 Å². The first kappa shape index (κ1) is 18.4. The van der Waals surface area contributed by atoms with Crippen molar-refractivity contribution in [1.82, 2.24) is 15.3 Å². The lowest BCUT2D eigenvalue weighted by atomic mass is 10.1. The largest absolute Gasteiger partial charge is 0.436 e. The van der Waals surface area contributed by atoms with Gasteiger partial charge in [0, 0.05) is 29.0 Å². The Morgan fingerprint density at radius 3 is 2.57 bits per heavy atom. The standard InChI is InChI=1S/C22H18BrN3O2/c1-13-7-19-20(8-14(13)2)28-22(26-19)16-5-3-15(4-6-16)10-25-21(27)17-9-18(23)12-24-11-17/h3-9,11-12H,10H2,1-2H3,(H,25,27). The summed E-state index contributed by atoms with van der Waals surface area (Å²) >= 11 is 3.32. The van der Waals surface area contributed by atoms with Crippen molar-refractivity contribution < 1.29 is 9.21 Å². The van der Waals surface area contributed by atoms with Crippen molar-refractivity contribution in [2.45, 2.75) is 20.4 Å². The van der Waals surface area contributed by atoms with E-state index in [0.29, 0.717) is 18.0 Å². The van der Waals surface area contributed by atoms with Crippen molar-refractivity contribution in [3.05, 3.63) is 81.6 Å². The van der Waals surface area contributed by atoms with Crippen molar-refractivity contribution >= 4 is 32.9 Å². The first-order valence-electron chi connectivity index (χ1n) is 8.85. The molecule has 0 bridgehead atoms. The summed E-state index contributed by atoms with van der Waals surface area (Å²) in [6, 6.07) is 13.6. The van der Waals surface area contributed by atoms with Crippen molar-refractivity contribution in [3.8, 4) is 11.5 Å². The van der Waals surface area contributed by atoms with Gasteiger partial charge in [-0.15, -0.1) is 0 Å². The van der Waals surface area contributed by atoms with Crippen molar-refractivity contribution in [2.75, 3.05) is 0 Å². The quantitative estimate of drug-likeness (QED) is 0.478. The summed E-state index contributed by atoms with van der Waals surface area (Å²) in [6.45, 7) is 4.55. The predicted octanol–water partition coefficient (Wildman–Crippen LogP) is 5.20. The molecule has 0 fully saturated rings. The molecule has 0 saturated carbocycles. The van der Waals surface area contributed by atoms with E-state index in [1.54, 1.807) is 18.5 Å². The van der Waals surface area contributed by atoms with Gasteiger partial charge < -0.3 is 9.73 Å². The lowest BCUT2D eigenvalue weighted by molar-refractivity contribution is 0.0950. The molecule has 5 nitrogen and oxygen atoms in total. The summed E-state index contributed by atoms with van der Waals surface area (Å²) in [4.78, 5) is 20.8. The third kappa shape index (κ3) is 3.82. The molecule has 2 aromatic carbocycles. The maximum absolute atomic E-state index is 12.2. The van der Waals surface area contributed by atoms with Crippen LogP contribution in [-0.4, -0.2) is 15.9 Å². The molecule has 0 atom stereocenters. The zero-order valence-electron chi connectivity index (χ0n) is 15.5. The van der Waals surface area contributed by atoms with Crippen LogP contribution in [0.3, 0.4) is 0 Å². The third-order valence-corrected chi connectivity index (χ3v) is 5.06. The van der Waals surface area contributed by atoms with Crippen LogP contribution in [0.4, 0.5) is 0 Å². The van der Waals surface area contributed by atoms with Crippen LogP contribution < -0.4 is 5.32 Å². The topological polar surface area (TPSA) is 68.0 Å². The molecule has 0 saturated heterocycles. The number of hydrogen-bond donors (Lipinski definition) is 1. The summed E-state index contributed by atoms with van der Waals surface area (Å²) in [6.07, 6.45) is 3.18. The maximum atomic E-state index is 12.2. The molecule has 0 aliphatic heterocycles. The number of amides is 1. The fraction of sp³-hybridized carbons (Fsp3) is 0.136. The van der Waals surface area contributed by atoms with Crippen molar-refractivity contribution in [3.63, 3.8) is 0 Å². The number of benzene rings is 2. The number of nitrogens with zero attached hydrogens (tertiary/aromatic N) is 2. The molecule has 0 radical (unpaired) electrons. The molecule has 2 aromatic heterocycles. The van der Waals surface area contributed by atoms with Gasteiger partial charge in [0.25, 0.3) is 5.91 Å². The summed E-state index contributed by atoms with van der Waals surface area (Å²) < 4.78 is 6.68. The highest BCUT2D eigenvalue weighted by Gasteiger charge is 2.10. The Morgan fingerprint density at radius 2 is 1.82 bits per heavy atom. The normalized spacial score (nSPS) is 11.0. The molecule has 28 heavy (non-hydrogen) atoms. The molecule has 0 spiro atoms. The number of aromatic nitrogens is 2. The van der Waals surface area contributed by atoms with Crippen LogP contribution in [0, 0.1) is 13.8 Å².